The molecule has 3 rings (SSSR count). The highest BCUT2D eigenvalue weighted by Gasteiger charge is 2.15. The summed E-state index contributed by atoms with van der Waals surface area (Å²) in [6.07, 6.45) is 3.29. The van der Waals surface area contributed by atoms with Crippen molar-refractivity contribution in [3.05, 3.63) is 70.8 Å². The predicted molar refractivity (Wildman–Crippen MR) is 117 cm³/mol. The Morgan fingerprint density at radius 1 is 1.07 bits per heavy atom. The van der Waals surface area contributed by atoms with E-state index < -0.39 is 0 Å². The molecular formula is C23H26N2O3S. The van der Waals surface area contributed by atoms with Gasteiger partial charge >= 0.3 is 0 Å². The van der Waals surface area contributed by atoms with Gasteiger partial charge in [-0.3, -0.25) is 9.36 Å². The number of ether oxygens (including phenoxy) is 2. The predicted octanol–water partition coefficient (Wildman–Crippen LogP) is 5.13. The monoisotopic (exact) mass is 410 g/mol. The van der Waals surface area contributed by atoms with Gasteiger partial charge in [0, 0.05) is 23.4 Å². The van der Waals surface area contributed by atoms with Gasteiger partial charge < -0.3 is 9.47 Å². The molecule has 0 spiro atoms. The van der Waals surface area contributed by atoms with Gasteiger partial charge in [-0.2, -0.15) is 0 Å². The van der Waals surface area contributed by atoms with Gasteiger partial charge in [-0.1, -0.05) is 50.2 Å². The lowest BCUT2D eigenvalue weighted by Crippen LogP contribution is -2.20. The van der Waals surface area contributed by atoms with Gasteiger partial charge in [-0.05, 0) is 36.6 Å². The molecule has 0 amide bonds. The van der Waals surface area contributed by atoms with Gasteiger partial charge in [0.2, 0.25) is 0 Å². The normalized spacial score (nSPS) is 11.3. The zero-order valence-electron chi connectivity index (χ0n) is 17.4. The van der Waals surface area contributed by atoms with E-state index in [0.717, 1.165) is 4.90 Å². The quantitative estimate of drug-likeness (QED) is 0.564. The standard InChI is InChI=1S/C23H26N2O3S/c1-16-6-9-18(10-7-16)29-21-22(26)25(13-12-24-21)17-8-11-19(20(14-17)27-5)28-15-23(2,3)4/h6-14H,15H2,1-5H3. The summed E-state index contributed by atoms with van der Waals surface area (Å²) in [6.45, 7) is 8.92. The third-order valence-electron chi connectivity index (χ3n) is 4.13. The summed E-state index contributed by atoms with van der Waals surface area (Å²) in [7, 11) is 1.59. The zero-order valence-corrected chi connectivity index (χ0v) is 18.2. The Labute approximate surface area is 175 Å². The molecule has 6 heteroatoms. The molecule has 1 aromatic heterocycles. The molecule has 0 fully saturated rings. The van der Waals surface area contributed by atoms with Crippen LogP contribution in [0.5, 0.6) is 11.5 Å². The lowest BCUT2D eigenvalue weighted by atomic mass is 9.99. The molecule has 5 nitrogen and oxygen atoms in total. The number of aromatic nitrogens is 2. The Bertz CT molecular complexity index is 1040. The number of hydrogen-bond acceptors (Lipinski definition) is 5. The molecule has 0 saturated heterocycles. The van der Waals surface area contributed by atoms with Crippen molar-refractivity contribution in [3.63, 3.8) is 0 Å². The summed E-state index contributed by atoms with van der Waals surface area (Å²) in [5, 5.41) is 0.420. The fourth-order valence-corrected chi connectivity index (χ4v) is 3.40. The van der Waals surface area contributed by atoms with Crippen LogP contribution in [0.2, 0.25) is 0 Å². The lowest BCUT2D eigenvalue weighted by molar-refractivity contribution is 0.191. The minimum Gasteiger partial charge on any atom is -0.493 e. The fourth-order valence-electron chi connectivity index (χ4n) is 2.60. The van der Waals surface area contributed by atoms with Crippen molar-refractivity contribution < 1.29 is 9.47 Å². The van der Waals surface area contributed by atoms with Gasteiger partial charge in [0.05, 0.1) is 19.4 Å². The highest BCUT2D eigenvalue weighted by molar-refractivity contribution is 7.99. The average molecular weight is 411 g/mol. The van der Waals surface area contributed by atoms with E-state index >= 15 is 0 Å². The van der Waals surface area contributed by atoms with Crippen LogP contribution in [0.15, 0.2) is 69.6 Å². The lowest BCUT2D eigenvalue weighted by Gasteiger charge is -2.20. The Morgan fingerprint density at radius 3 is 2.45 bits per heavy atom. The van der Waals surface area contributed by atoms with Gasteiger partial charge in [0.15, 0.2) is 16.5 Å². The number of benzene rings is 2. The van der Waals surface area contributed by atoms with Gasteiger partial charge in [-0.15, -0.1) is 0 Å². The number of nitrogens with zero attached hydrogens (tertiary/aromatic N) is 2. The molecule has 0 radical (unpaired) electrons. The smallest absolute Gasteiger partial charge is 0.287 e. The molecule has 0 aliphatic carbocycles. The number of rotatable bonds is 6. The summed E-state index contributed by atoms with van der Waals surface area (Å²) < 4.78 is 13.0. The first-order valence-electron chi connectivity index (χ1n) is 9.40. The maximum Gasteiger partial charge on any atom is 0.287 e. The first-order valence-corrected chi connectivity index (χ1v) is 10.2. The third kappa shape index (κ3) is 5.41. The van der Waals surface area contributed by atoms with Crippen LogP contribution in [-0.2, 0) is 0 Å². The van der Waals surface area contributed by atoms with E-state index in [1.807, 2.05) is 43.3 Å². The Kier molecular flexibility index (Phi) is 6.33. The van der Waals surface area contributed by atoms with Crippen molar-refractivity contribution in [2.24, 2.45) is 5.41 Å². The summed E-state index contributed by atoms with van der Waals surface area (Å²) in [5.74, 6) is 1.24. The molecule has 3 aromatic rings. The second-order valence-corrected chi connectivity index (χ2v) is 9.07. The maximum absolute atomic E-state index is 13.0. The molecule has 0 N–H and O–H groups in total. The molecule has 0 atom stereocenters. The van der Waals surface area contributed by atoms with Crippen LogP contribution in [0.4, 0.5) is 0 Å². The van der Waals surface area contributed by atoms with Crippen molar-refractivity contribution in [3.8, 4) is 17.2 Å². The Balaban J connectivity index is 1.90. The minimum absolute atomic E-state index is 0.0355. The van der Waals surface area contributed by atoms with Gasteiger partial charge in [0.1, 0.15) is 0 Å². The van der Waals surface area contributed by atoms with Crippen LogP contribution in [0.1, 0.15) is 26.3 Å². The van der Waals surface area contributed by atoms with Crippen molar-refractivity contribution in [1.82, 2.24) is 9.55 Å². The largest absolute Gasteiger partial charge is 0.493 e. The van der Waals surface area contributed by atoms with E-state index in [-0.39, 0.29) is 11.0 Å². The molecule has 29 heavy (non-hydrogen) atoms. The second kappa shape index (κ2) is 8.74. The van der Waals surface area contributed by atoms with Crippen molar-refractivity contribution in [1.29, 1.82) is 0 Å². The van der Waals surface area contributed by atoms with E-state index in [9.17, 15) is 4.79 Å². The molecule has 1 heterocycles. The first kappa shape index (κ1) is 21.0. The summed E-state index contributed by atoms with van der Waals surface area (Å²) in [6, 6.07) is 13.5. The molecule has 0 saturated carbocycles. The highest BCUT2D eigenvalue weighted by atomic mass is 32.2. The molecule has 0 unspecified atom stereocenters. The summed E-state index contributed by atoms with van der Waals surface area (Å²) in [4.78, 5) is 18.2. The van der Waals surface area contributed by atoms with Crippen LogP contribution < -0.4 is 15.0 Å². The van der Waals surface area contributed by atoms with Crippen LogP contribution in [0.25, 0.3) is 5.69 Å². The SMILES string of the molecule is COc1cc(-n2ccnc(Sc3ccc(C)cc3)c2=O)ccc1OCC(C)(C)C. The molecule has 0 aliphatic heterocycles. The Morgan fingerprint density at radius 2 is 1.79 bits per heavy atom. The van der Waals surface area contributed by atoms with E-state index in [0.29, 0.717) is 28.8 Å². The fraction of sp³-hybridized carbons (Fsp3) is 0.304. The van der Waals surface area contributed by atoms with Crippen molar-refractivity contribution in [2.45, 2.75) is 37.6 Å². The summed E-state index contributed by atoms with van der Waals surface area (Å²) in [5.41, 5.74) is 1.73. The van der Waals surface area contributed by atoms with E-state index in [4.69, 9.17) is 9.47 Å². The molecular weight excluding hydrogens is 384 g/mol. The van der Waals surface area contributed by atoms with Crippen LogP contribution >= 0.6 is 11.8 Å². The topological polar surface area (TPSA) is 53.4 Å². The molecule has 2 aromatic carbocycles. The number of methoxy groups -OCH3 is 1. The minimum atomic E-state index is -0.177. The molecule has 0 aliphatic rings. The van der Waals surface area contributed by atoms with Crippen LogP contribution in [0.3, 0.4) is 0 Å². The van der Waals surface area contributed by atoms with Crippen LogP contribution in [0, 0.1) is 12.3 Å². The first-order chi connectivity index (χ1) is 13.8. The maximum atomic E-state index is 13.0. The van der Waals surface area contributed by atoms with E-state index in [1.54, 1.807) is 30.1 Å². The highest BCUT2D eigenvalue weighted by Crippen LogP contribution is 2.31. The average Bonchev–Trinajstić information content (AvgIpc) is 2.69. The third-order valence-corrected chi connectivity index (χ3v) is 5.11. The van der Waals surface area contributed by atoms with Crippen molar-refractivity contribution >= 4 is 11.8 Å². The zero-order chi connectivity index (χ0) is 21.0. The van der Waals surface area contributed by atoms with E-state index in [1.165, 1.54) is 17.3 Å². The van der Waals surface area contributed by atoms with Gasteiger partial charge in [0.25, 0.3) is 5.56 Å². The van der Waals surface area contributed by atoms with Crippen LogP contribution in [-0.4, -0.2) is 23.3 Å². The molecule has 0 bridgehead atoms. The molecule has 152 valence electrons. The number of aryl methyl sites for hydroxylation is 1. The Hall–Kier alpha value is -2.73. The van der Waals surface area contributed by atoms with Gasteiger partial charge in [-0.25, -0.2) is 4.98 Å². The second-order valence-electron chi connectivity index (χ2n) is 8.01. The van der Waals surface area contributed by atoms with E-state index in [2.05, 4.69) is 25.8 Å². The number of hydrogen-bond donors (Lipinski definition) is 0. The van der Waals surface area contributed by atoms with Crippen molar-refractivity contribution in [2.75, 3.05) is 13.7 Å². The summed E-state index contributed by atoms with van der Waals surface area (Å²) >= 11 is 1.36.